The SMILES string of the molecule is CC(C)N(Cc1ccccn1)C(=O)c1cccc(F)c1N. The van der Waals surface area contributed by atoms with Crippen molar-refractivity contribution in [3.05, 3.63) is 59.7 Å². The van der Waals surface area contributed by atoms with Gasteiger partial charge in [-0.2, -0.15) is 0 Å². The maximum absolute atomic E-state index is 13.5. The minimum absolute atomic E-state index is 0.0535. The first-order chi connectivity index (χ1) is 10.0. The number of pyridine rings is 1. The maximum atomic E-state index is 13.5. The molecule has 0 spiro atoms. The zero-order valence-corrected chi connectivity index (χ0v) is 12.1. The summed E-state index contributed by atoms with van der Waals surface area (Å²) < 4.78 is 13.5. The number of aromatic nitrogens is 1. The van der Waals surface area contributed by atoms with Crippen molar-refractivity contribution < 1.29 is 9.18 Å². The summed E-state index contributed by atoms with van der Waals surface area (Å²) in [6, 6.07) is 9.73. The van der Waals surface area contributed by atoms with Gasteiger partial charge in [-0.15, -0.1) is 0 Å². The van der Waals surface area contributed by atoms with Crippen LogP contribution >= 0.6 is 0 Å². The Hall–Kier alpha value is -2.43. The number of carbonyl (C=O) groups excluding carboxylic acids is 1. The predicted octanol–water partition coefficient (Wildman–Crippen LogP) is 2.85. The quantitative estimate of drug-likeness (QED) is 0.880. The van der Waals surface area contributed by atoms with Gasteiger partial charge in [0.1, 0.15) is 5.82 Å². The average molecular weight is 287 g/mol. The molecule has 2 rings (SSSR count). The Morgan fingerprint density at radius 2 is 2.05 bits per heavy atom. The Morgan fingerprint density at radius 3 is 2.67 bits per heavy atom. The fourth-order valence-electron chi connectivity index (χ4n) is 2.03. The summed E-state index contributed by atoms with van der Waals surface area (Å²) in [5.41, 5.74) is 6.51. The van der Waals surface area contributed by atoms with Gasteiger partial charge in [0.15, 0.2) is 0 Å². The van der Waals surface area contributed by atoms with Gasteiger partial charge in [0.2, 0.25) is 0 Å². The van der Waals surface area contributed by atoms with Crippen LogP contribution in [0.5, 0.6) is 0 Å². The van der Waals surface area contributed by atoms with Gasteiger partial charge in [0, 0.05) is 12.2 Å². The number of anilines is 1. The van der Waals surface area contributed by atoms with Crippen molar-refractivity contribution in [2.24, 2.45) is 0 Å². The van der Waals surface area contributed by atoms with Crippen molar-refractivity contribution in [2.45, 2.75) is 26.4 Å². The molecule has 2 N–H and O–H groups in total. The van der Waals surface area contributed by atoms with Crippen LogP contribution in [0.25, 0.3) is 0 Å². The van der Waals surface area contributed by atoms with Crippen molar-refractivity contribution >= 4 is 11.6 Å². The number of hydrogen-bond acceptors (Lipinski definition) is 3. The van der Waals surface area contributed by atoms with Crippen molar-refractivity contribution in [3.63, 3.8) is 0 Å². The van der Waals surface area contributed by atoms with Crippen molar-refractivity contribution in [1.29, 1.82) is 0 Å². The van der Waals surface area contributed by atoms with Gasteiger partial charge in [0.05, 0.1) is 23.5 Å². The van der Waals surface area contributed by atoms with Gasteiger partial charge < -0.3 is 10.6 Å². The first kappa shape index (κ1) is 15.0. The zero-order chi connectivity index (χ0) is 15.4. The molecular weight excluding hydrogens is 269 g/mol. The van der Waals surface area contributed by atoms with E-state index in [0.29, 0.717) is 6.54 Å². The van der Waals surface area contributed by atoms with Gasteiger partial charge in [-0.3, -0.25) is 9.78 Å². The summed E-state index contributed by atoms with van der Waals surface area (Å²) in [5, 5.41) is 0. The molecule has 5 heteroatoms. The van der Waals surface area contributed by atoms with Gasteiger partial charge in [0.25, 0.3) is 5.91 Å². The Balaban J connectivity index is 2.30. The first-order valence-electron chi connectivity index (χ1n) is 6.75. The molecule has 2 aromatic rings. The van der Waals surface area contributed by atoms with E-state index in [4.69, 9.17) is 5.73 Å². The van der Waals surface area contributed by atoms with Crippen LogP contribution in [-0.2, 0) is 6.54 Å². The topological polar surface area (TPSA) is 59.2 Å². The van der Waals surface area contributed by atoms with E-state index < -0.39 is 5.82 Å². The molecule has 0 radical (unpaired) electrons. The zero-order valence-electron chi connectivity index (χ0n) is 12.1. The van der Waals surface area contributed by atoms with Crippen LogP contribution < -0.4 is 5.73 Å². The number of para-hydroxylation sites is 1. The summed E-state index contributed by atoms with van der Waals surface area (Å²) in [6.45, 7) is 4.15. The third kappa shape index (κ3) is 3.37. The molecule has 0 fully saturated rings. The molecule has 0 aliphatic rings. The van der Waals surface area contributed by atoms with E-state index in [1.807, 2.05) is 32.0 Å². The van der Waals surface area contributed by atoms with Crippen molar-refractivity contribution in [2.75, 3.05) is 5.73 Å². The largest absolute Gasteiger partial charge is 0.396 e. The molecule has 0 unspecified atom stereocenters. The van der Waals surface area contributed by atoms with E-state index in [1.165, 1.54) is 18.2 Å². The molecule has 1 heterocycles. The normalized spacial score (nSPS) is 10.7. The molecule has 4 nitrogen and oxygen atoms in total. The van der Waals surface area contributed by atoms with Crippen LogP contribution in [0.15, 0.2) is 42.6 Å². The lowest BCUT2D eigenvalue weighted by Gasteiger charge is -2.27. The summed E-state index contributed by atoms with van der Waals surface area (Å²) in [6.07, 6.45) is 1.68. The van der Waals surface area contributed by atoms with E-state index in [2.05, 4.69) is 4.98 Å². The van der Waals surface area contributed by atoms with Gasteiger partial charge >= 0.3 is 0 Å². The number of amides is 1. The van der Waals surface area contributed by atoms with Gasteiger partial charge in [-0.1, -0.05) is 12.1 Å². The van der Waals surface area contributed by atoms with Crippen LogP contribution in [0.2, 0.25) is 0 Å². The molecule has 0 aliphatic carbocycles. The molecule has 0 bridgehead atoms. The third-order valence-corrected chi connectivity index (χ3v) is 3.23. The predicted molar refractivity (Wildman–Crippen MR) is 80.1 cm³/mol. The Labute approximate surface area is 123 Å². The van der Waals surface area contributed by atoms with Crippen LogP contribution in [0, 0.1) is 5.82 Å². The number of nitrogens with zero attached hydrogens (tertiary/aromatic N) is 2. The van der Waals surface area contributed by atoms with E-state index in [0.717, 1.165) is 5.69 Å². The third-order valence-electron chi connectivity index (χ3n) is 3.23. The smallest absolute Gasteiger partial charge is 0.256 e. The number of benzene rings is 1. The summed E-state index contributed by atoms with van der Waals surface area (Å²) in [7, 11) is 0. The minimum Gasteiger partial charge on any atom is -0.396 e. The standard InChI is InChI=1S/C16H18FN3O/c1-11(2)20(10-12-6-3-4-9-19-12)16(21)13-7-5-8-14(17)15(13)18/h3-9,11H,10,18H2,1-2H3. The van der Waals surface area contributed by atoms with Gasteiger partial charge in [-0.05, 0) is 38.1 Å². The van der Waals surface area contributed by atoms with Crippen LogP contribution in [0.3, 0.4) is 0 Å². The highest BCUT2D eigenvalue weighted by Crippen LogP contribution is 2.20. The fraction of sp³-hybridized carbons (Fsp3) is 0.250. The number of nitrogens with two attached hydrogens (primary N) is 1. The van der Waals surface area contributed by atoms with E-state index in [1.54, 1.807) is 11.1 Å². The summed E-state index contributed by atoms with van der Waals surface area (Å²) >= 11 is 0. The number of halogens is 1. The molecule has 0 saturated heterocycles. The molecule has 0 aliphatic heterocycles. The number of carbonyl (C=O) groups is 1. The molecule has 21 heavy (non-hydrogen) atoms. The summed E-state index contributed by atoms with van der Waals surface area (Å²) in [4.78, 5) is 18.5. The number of nitrogen functional groups attached to an aromatic ring is 1. The lowest BCUT2D eigenvalue weighted by atomic mass is 10.1. The molecule has 1 aromatic heterocycles. The number of hydrogen-bond donors (Lipinski definition) is 1. The fourth-order valence-corrected chi connectivity index (χ4v) is 2.03. The minimum atomic E-state index is -0.581. The van der Waals surface area contributed by atoms with Gasteiger partial charge in [-0.25, -0.2) is 4.39 Å². The molecule has 0 atom stereocenters. The van der Waals surface area contributed by atoms with E-state index in [9.17, 15) is 9.18 Å². The highest BCUT2D eigenvalue weighted by molar-refractivity contribution is 5.99. The van der Waals surface area contributed by atoms with E-state index >= 15 is 0 Å². The van der Waals surface area contributed by atoms with Crippen LogP contribution in [0.1, 0.15) is 29.9 Å². The molecule has 1 amide bonds. The summed E-state index contributed by atoms with van der Waals surface area (Å²) in [5.74, 6) is -0.880. The van der Waals surface area contributed by atoms with Crippen molar-refractivity contribution in [3.8, 4) is 0 Å². The van der Waals surface area contributed by atoms with Crippen LogP contribution in [-0.4, -0.2) is 21.8 Å². The lowest BCUT2D eigenvalue weighted by molar-refractivity contribution is 0.0688. The highest BCUT2D eigenvalue weighted by Gasteiger charge is 2.22. The monoisotopic (exact) mass is 287 g/mol. The second kappa shape index (κ2) is 6.35. The lowest BCUT2D eigenvalue weighted by Crippen LogP contribution is -2.37. The first-order valence-corrected chi connectivity index (χ1v) is 6.75. The number of rotatable bonds is 4. The molecule has 110 valence electrons. The average Bonchev–Trinajstić information content (AvgIpc) is 2.48. The Kier molecular flexibility index (Phi) is 4.52. The molecule has 0 saturated carbocycles. The second-order valence-electron chi connectivity index (χ2n) is 5.05. The highest BCUT2D eigenvalue weighted by atomic mass is 19.1. The molecule has 1 aromatic carbocycles. The Morgan fingerprint density at radius 1 is 1.29 bits per heavy atom. The second-order valence-corrected chi connectivity index (χ2v) is 5.05. The Bertz CT molecular complexity index is 629. The van der Waals surface area contributed by atoms with Crippen LogP contribution in [0.4, 0.5) is 10.1 Å². The molecular formula is C16H18FN3O. The van der Waals surface area contributed by atoms with Crippen molar-refractivity contribution in [1.82, 2.24) is 9.88 Å². The van der Waals surface area contributed by atoms with E-state index in [-0.39, 0.29) is 23.2 Å². The maximum Gasteiger partial charge on any atom is 0.256 e.